The van der Waals surface area contributed by atoms with Gasteiger partial charge in [0.05, 0.1) is 30.5 Å². The third kappa shape index (κ3) is 5.46. The smallest absolute Gasteiger partial charge is 0.307 e. The van der Waals surface area contributed by atoms with E-state index in [2.05, 4.69) is 20.7 Å². The Bertz CT molecular complexity index is 1460. The number of pyridine rings is 1. The molecule has 5 rings (SSSR count). The van der Waals surface area contributed by atoms with Gasteiger partial charge in [-0.1, -0.05) is 60.7 Å². The SMILES string of the molecule is Cc1cc(-c2c(-c3ccccc3)nc(=N)n3c2NN(C(CNCC(F)(F)F)c2ccccc2)C3)cc(C)n1. The fourth-order valence-electron chi connectivity index (χ4n) is 4.82. The highest BCUT2D eigenvalue weighted by atomic mass is 19.4. The van der Waals surface area contributed by atoms with E-state index in [0.29, 0.717) is 11.5 Å². The molecule has 0 bridgehead atoms. The van der Waals surface area contributed by atoms with Crippen LogP contribution in [-0.2, 0) is 6.67 Å². The quantitative estimate of drug-likeness (QED) is 0.313. The number of aromatic nitrogens is 3. The van der Waals surface area contributed by atoms with Crippen LogP contribution >= 0.6 is 0 Å². The number of nitrogens with one attached hydrogen (secondary N) is 3. The summed E-state index contributed by atoms with van der Waals surface area (Å²) >= 11 is 0. The third-order valence-corrected chi connectivity index (χ3v) is 6.40. The first-order chi connectivity index (χ1) is 18.2. The van der Waals surface area contributed by atoms with Gasteiger partial charge in [0.1, 0.15) is 5.82 Å². The number of halogens is 3. The molecule has 0 saturated carbocycles. The van der Waals surface area contributed by atoms with Gasteiger partial charge in [-0.05, 0) is 37.1 Å². The Morgan fingerprint density at radius 2 is 1.58 bits per heavy atom. The van der Waals surface area contributed by atoms with Crippen LogP contribution in [0.4, 0.5) is 19.0 Å². The van der Waals surface area contributed by atoms with Gasteiger partial charge in [0.15, 0.2) is 0 Å². The standard InChI is InChI=1S/C28H28F3N7/c1-18-13-22(14-19(2)34-18)24-25(21-11-7-4-8-12-21)35-27(32)37-17-38(36-26(24)37)23(15-33-16-28(29,30)31)20-9-5-3-6-10-20/h3-14,23,32-33,36H,15-17H2,1-2H3. The van der Waals surface area contributed by atoms with Gasteiger partial charge in [0.2, 0.25) is 5.62 Å². The van der Waals surface area contributed by atoms with Gasteiger partial charge in [-0.2, -0.15) is 18.2 Å². The van der Waals surface area contributed by atoms with Crippen LogP contribution in [0.25, 0.3) is 22.4 Å². The molecule has 1 unspecified atom stereocenters. The van der Waals surface area contributed by atoms with Gasteiger partial charge in [-0.25, -0.2) is 4.98 Å². The molecule has 0 amide bonds. The number of hydrogen-bond acceptors (Lipinski definition) is 6. The maximum Gasteiger partial charge on any atom is 0.401 e. The van der Waals surface area contributed by atoms with Crippen molar-refractivity contribution in [3.05, 3.63) is 95.4 Å². The molecule has 0 radical (unpaired) electrons. The van der Waals surface area contributed by atoms with Crippen molar-refractivity contribution >= 4 is 5.82 Å². The van der Waals surface area contributed by atoms with Crippen LogP contribution < -0.4 is 16.4 Å². The number of aryl methyl sites for hydroxylation is 2. The molecule has 196 valence electrons. The van der Waals surface area contributed by atoms with E-state index in [0.717, 1.165) is 33.6 Å². The Morgan fingerprint density at radius 3 is 2.21 bits per heavy atom. The minimum Gasteiger partial charge on any atom is -0.307 e. The lowest BCUT2D eigenvalue weighted by molar-refractivity contribution is -0.125. The van der Waals surface area contributed by atoms with Gasteiger partial charge in [-0.15, -0.1) is 0 Å². The first-order valence-electron chi connectivity index (χ1n) is 12.3. The number of alkyl halides is 3. The fraction of sp³-hybridized carbons (Fsp3) is 0.250. The Balaban J connectivity index is 1.61. The minimum atomic E-state index is -4.32. The van der Waals surface area contributed by atoms with E-state index in [4.69, 9.17) is 5.41 Å². The van der Waals surface area contributed by atoms with E-state index in [-0.39, 0.29) is 18.8 Å². The Kier molecular flexibility index (Phi) is 7.00. The van der Waals surface area contributed by atoms with Crippen molar-refractivity contribution in [2.45, 2.75) is 32.7 Å². The average molecular weight is 520 g/mol. The van der Waals surface area contributed by atoms with Crippen molar-refractivity contribution in [2.24, 2.45) is 0 Å². The molecule has 10 heteroatoms. The zero-order valence-electron chi connectivity index (χ0n) is 21.0. The molecule has 2 aromatic heterocycles. The molecule has 0 fully saturated rings. The fourth-order valence-corrected chi connectivity index (χ4v) is 4.82. The molecule has 0 spiro atoms. The van der Waals surface area contributed by atoms with Gasteiger partial charge in [0.25, 0.3) is 0 Å². The number of nitrogens with zero attached hydrogens (tertiary/aromatic N) is 4. The summed E-state index contributed by atoms with van der Waals surface area (Å²) in [5.74, 6) is 0.658. The molecule has 0 saturated heterocycles. The highest BCUT2D eigenvalue weighted by molar-refractivity contribution is 5.88. The monoisotopic (exact) mass is 519 g/mol. The molecule has 2 aromatic carbocycles. The minimum absolute atomic E-state index is 0.0511. The predicted molar refractivity (Wildman–Crippen MR) is 140 cm³/mol. The highest BCUT2D eigenvalue weighted by Crippen LogP contribution is 2.39. The van der Waals surface area contributed by atoms with Crippen molar-refractivity contribution in [1.82, 2.24) is 24.9 Å². The van der Waals surface area contributed by atoms with E-state index in [1.807, 2.05) is 91.7 Å². The second-order valence-electron chi connectivity index (χ2n) is 9.34. The van der Waals surface area contributed by atoms with E-state index in [9.17, 15) is 13.2 Å². The first-order valence-corrected chi connectivity index (χ1v) is 12.3. The van der Waals surface area contributed by atoms with Crippen molar-refractivity contribution in [3.63, 3.8) is 0 Å². The second-order valence-corrected chi connectivity index (χ2v) is 9.34. The molecule has 0 aliphatic carbocycles. The van der Waals surface area contributed by atoms with Crippen molar-refractivity contribution in [3.8, 4) is 22.4 Å². The number of anilines is 1. The van der Waals surface area contributed by atoms with Crippen molar-refractivity contribution < 1.29 is 13.2 Å². The number of hydrazine groups is 1. The molecule has 38 heavy (non-hydrogen) atoms. The van der Waals surface area contributed by atoms with E-state index < -0.39 is 18.8 Å². The van der Waals surface area contributed by atoms with Gasteiger partial charge < -0.3 is 10.7 Å². The molecular weight excluding hydrogens is 491 g/mol. The average Bonchev–Trinajstić information content (AvgIpc) is 3.32. The van der Waals surface area contributed by atoms with Crippen LogP contribution in [0.3, 0.4) is 0 Å². The van der Waals surface area contributed by atoms with Crippen molar-refractivity contribution in [2.75, 3.05) is 18.5 Å². The van der Waals surface area contributed by atoms with Crippen LogP contribution in [0.2, 0.25) is 0 Å². The Labute approximate surface area is 218 Å². The van der Waals surface area contributed by atoms with Gasteiger partial charge >= 0.3 is 6.18 Å². The van der Waals surface area contributed by atoms with Crippen LogP contribution in [-0.4, -0.2) is 38.8 Å². The Morgan fingerprint density at radius 1 is 0.947 bits per heavy atom. The molecule has 3 N–H and O–H groups in total. The summed E-state index contributed by atoms with van der Waals surface area (Å²) in [4.78, 5) is 9.20. The normalized spacial score (nSPS) is 14.2. The zero-order chi connectivity index (χ0) is 26.9. The maximum atomic E-state index is 12.9. The predicted octanol–water partition coefficient (Wildman–Crippen LogP) is 5.20. The number of fused-ring (bicyclic) bond motifs is 1. The van der Waals surface area contributed by atoms with Crippen LogP contribution in [0.1, 0.15) is 23.0 Å². The topological polar surface area (TPSA) is 81.9 Å². The first kappa shape index (κ1) is 25.6. The van der Waals surface area contributed by atoms with E-state index >= 15 is 0 Å². The van der Waals surface area contributed by atoms with Crippen LogP contribution in [0.5, 0.6) is 0 Å². The molecule has 1 aliphatic rings. The Hall–Kier alpha value is -4.02. The second kappa shape index (κ2) is 10.4. The van der Waals surface area contributed by atoms with E-state index in [1.54, 1.807) is 4.57 Å². The zero-order valence-corrected chi connectivity index (χ0v) is 21.0. The molecular formula is C28H28F3N7. The summed E-state index contributed by atoms with van der Waals surface area (Å²) in [6.07, 6.45) is -4.32. The summed E-state index contributed by atoms with van der Waals surface area (Å²) in [6, 6.07) is 22.6. The maximum absolute atomic E-state index is 12.9. The molecule has 3 heterocycles. The molecule has 1 atom stereocenters. The lowest BCUT2D eigenvalue weighted by atomic mass is 9.99. The summed E-state index contributed by atoms with van der Waals surface area (Å²) in [6.45, 7) is 3.06. The largest absolute Gasteiger partial charge is 0.401 e. The number of benzene rings is 2. The third-order valence-electron chi connectivity index (χ3n) is 6.40. The number of rotatable bonds is 7. The van der Waals surface area contributed by atoms with Gasteiger partial charge in [0, 0.05) is 23.5 Å². The van der Waals surface area contributed by atoms with Gasteiger partial charge in [-0.3, -0.25) is 15.0 Å². The summed E-state index contributed by atoms with van der Waals surface area (Å²) in [5, 5.41) is 13.2. The molecule has 1 aliphatic heterocycles. The van der Waals surface area contributed by atoms with Crippen LogP contribution in [0, 0.1) is 19.3 Å². The summed E-state index contributed by atoms with van der Waals surface area (Å²) in [5.41, 5.74) is 9.23. The van der Waals surface area contributed by atoms with Crippen molar-refractivity contribution in [1.29, 1.82) is 5.41 Å². The lowest BCUT2D eigenvalue weighted by Gasteiger charge is -2.28. The number of hydrogen-bond donors (Lipinski definition) is 3. The van der Waals surface area contributed by atoms with E-state index in [1.165, 1.54) is 0 Å². The summed E-state index contributed by atoms with van der Waals surface area (Å²) in [7, 11) is 0. The molecule has 7 nitrogen and oxygen atoms in total. The lowest BCUT2D eigenvalue weighted by Crippen LogP contribution is -2.40. The highest BCUT2D eigenvalue weighted by Gasteiger charge is 2.33. The van der Waals surface area contributed by atoms with Crippen LogP contribution in [0.15, 0.2) is 72.8 Å². The summed E-state index contributed by atoms with van der Waals surface area (Å²) < 4.78 is 40.5. The molecule has 4 aromatic rings.